The van der Waals surface area contributed by atoms with Crippen LogP contribution < -0.4 is 0 Å². The van der Waals surface area contributed by atoms with Gasteiger partial charge in [0.15, 0.2) is 0 Å². The van der Waals surface area contributed by atoms with Gasteiger partial charge in [-0.05, 0) is 29.8 Å². The number of carbonyl (C=O) groups is 1. The van der Waals surface area contributed by atoms with Crippen LogP contribution in [-0.4, -0.2) is 16.8 Å². The molecule has 1 amide bonds. The van der Waals surface area contributed by atoms with Gasteiger partial charge in [-0.1, -0.05) is 36.4 Å². The molecule has 2 heterocycles. The molecule has 0 saturated heterocycles. The number of carbonyl (C=O) groups excluding carboxylic acids is 1. The second kappa shape index (κ2) is 5.48. The van der Waals surface area contributed by atoms with Crippen LogP contribution in [0.4, 0.5) is 0 Å². The Morgan fingerprint density at radius 1 is 1.12 bits per heavy atom. The molecule has 0 aliphatic carbocycles. The van der Waals surface area contributed by atoms with Crippen molar-refractivity contribution in [1.29, 1.82) is 0 Å². The Morgan fingerprint density at radius 2 is 1.88 bits per heavy atom. The number of hydrogen-bond donors (Lipinski definition) is 0. The molecule has 1 atom stereocenters. The molecule has 0 fully saturated rings. The van der Waals surface area contributed by atoms with Crippen molar-refractivity contribution < 1.29 is 13.9 Å². The standard InChI is InChI=1S/C20H18N2O3/c1-13-18(10-11-24-13)19-21-22(14(2)23)20(3,25-19)17-9-8-15-6-4-5-7-16(15)12-17/h4-12H,1-3H3/t20-/m1/s1. The summed E-state index contributed by atoms with van der Waals surface area (Å²) >= 11 is 0. The van der Waals surface area contributed by atoms with Crippen LogP contribution in [0.15, 0.2) is 64.3 Å². The zero-order chi connectivity index (χ0) is 17.6. The van der Waals surface area contributed by atoms with Crippen molar-refractivity contribution in [2.45, 2.75) is 26.5 Å². The Labute approximate surface area is 145 Å². The van der Waals surface area contributed by atoms with Gasteiger partial charge in [0.05, 0.1) is 11.8 Å². The van der Waals surface area contributed by atoms with Crippen molar-refractivity contribution in [2.75, 3.05) is 0 Å². The highest BCUT2D eigenvalue weighted by molar-refractivity contribution is 5.97. The van der Waals surface area contributed by atoms with E-state index in [-0.39, 0.29) is 5.91 Å². The van der Waals surface area contributed by atoms with E-state index in [2.05, 4.69) is 11.2 Å². The van der Waals surface area contributed by atoms with E-state index >= 15 is 0 Å². The molecule has 1 aliphatic rings. The highest BCUT2D eigenvalue weighted by atomic mass is 16.6. The van der Waals surface area contributed by atoms with E-state index in [1.54, 1.807) is 12.3 Å². The second-order valence-corrected chi connectivity index (χ2v) is 6.27. The first kappa shape index (κ1) is 15.4. The topological polar surface area (TPSA) is 55.0 Å². The maximum absolute atomic E-state index is 12.2. The molecular formula is C20H18N2O3. The largest absolute Gasteiger partial charge is 0.469 e. The van der Waals surface area contributed by atoms with Gasteiger partial charge in [-0.2, -0.15) is 5.01 Å². The SMILES string of the molecule is CC(=O)N1N=C(c2ccoc2C)O[C@]1(C)c1ccc2ccccc2c1. The van der Waals surface area contributed by atoms with Crippen LogP contribution >= 0.6 is 0 Å². The number of ether oxygens (including phenoxy) is 1. The Hall–Kier alpha value is -3.08. The first-order chi connectivity index (χ1) is 12.0. The summed E-state index contributed by atoms with van der Waals surface area (Å²) in [7, 11) is 0. The van der Waals surface area contributed by atoms with Crippen LogP contribution in [0, 0.1) is 6.92 Å². The summed E-state index contributed by atoms with van der Waals surface area (Å²) in [5.74, 6) is 0.897. The Kier molecular flexibility index (Phi) is 3.39. The zero-order valence-corrected chi connectivity index (χ0v) is 14.3. The van der Waals surface area contributed by atoms with Crippen molar-refractivity contribution in [2.24, 2.45) is 5.10 Å². The van der Waals surface area contributed by atoms with Gasteiger partial charge in [-0.25, -0.2) is 0 Å². The summed E-state index contributed by atoms with van der Waals surface area (Å²) in [6.07, 6.45) is 1.58. The van der Waals surface area contributed by atoms with E-state index in [9.17, 15) is 4.79 Å². The van der Waals surface area contributed by atoms with E-state index in [1.165, 1.54) is 11.9 Å². The maximum atomic E-state index is 12.2. The van der Waals surface area contributed by atoms with Crippen LogP contribution in [0.5, 0.6) is 0 Å². The van der Waals surface area contributed by atoms with Crippen molar-refractivity contribution in [3.05, 3.63) is 71.7 Å². The molecule has 0 radical (unpaired) electrons. The zero-order valence-electron chi connectivity index (χ0n) is 14.3. The lowest BCUT2D eigenvalue weighted by Crippen LogP contribution is -2.41. The minimum absolute atomic E-state index is 0.188. The number of nitrogens with zero attached hydrogens (tertiary/aromatic N) is 2. The molecule has 1 aromatic heterocycles. The fourth-order valence-corrected chi connectivity index (χ4v) is 3.18. The number of amides is 1. The second-order valence-electron chi connectivity index (χ2n) is 6.27. The molecule has 0 bridgehead atoms. The van der Waals surface area contributed by atoms with Gasteiger partial charge in [0.2, 0.25) is 17.5 Å². The molecule has 25 heavy (non-hydrogen) atoms. The van der Waals surface area contributed by atoms with Gasteiger partial charge in [0, 0.05) is 19.4 Å². The number of hydrogen-bond acceptors (Lipinski definition) is 4. The first-order valence-corrected chi connectivity index (χ1v) is 8.11. The highest BCUT2D eigenvalue weighted by Crippen LogP contribution is 2.38. The molecule has 0 N–H and O–H groups in total. The fraction of sp³-hybridized carbons (Fsp3) is 0.200. The van der Waals surface area contributed by atoms with Crippen LogP contribution in [0.3, 0.4) is 0 Å². The summed E-state index contributed by atoms with van der Waals surface area (Å²) in [5.41, 5.74) is 0.603. The number of hydrazone groups is 1. The molecule has 3 aromatic rings. The highest BCUT2D eigenvalue weighted by Gasteiger charge is 2.45. The van der Waals surface area contributed by atoms with E-state index in [0.717, 1.165) is 21.9 Å². The first-order valence-electron chi connectivity index (χ1n) is 8.11. The van der Waals surface area contributed by atoms with Crippen molar-refractivity contribution in [1.82, 2.24) is 5.01 Å². The van der Waals surface area contributed by atoms with Gasteiger partial charge in [0.1, 0.15) is 5.76 Å². The predicted molar refractivity (Wildman–Crippen MR) is 94.9 cm³/mol. The van der Waals surface area contributed by atoms with Gasteiger partial charge in [-0.15, -0.1) is 5.10 Å². The lowest BCUT2D eigenvalue weighted by molar-refractivity contribution is -0.146. The van der Waals surface area contributed by atoms with Crippen LogP contribution in [0.2, 0.25) is 0 Å². The van der Waals surface area contributed by atoms with Gasteiger partial charge >= 0.3 is 0 Å². The summed E-state index contributed by atoms with van der Waals surface area (Å²) < 4.78 is 11.5. The minimum atomic E-state index is -1.01. The molecule has 0 unspecified atom stereocenters. The van der Waals surface area contributed by atoms with Gasteiger partial charge in [0.25, 0.3) is 0 Å². The third-order valence-corrected chi connectivity index (χ3v) is 4.56. The molecule has 4 rings (SSSR count). The quantitative estimate of drug-likeness (QED) is 0.707. The predicted octanol–water partition coefficient (Wildman–Crippen LogP) is 4.15. The average Bonchev–Trinajstić information content (AvgIpc) is 3.18. The molecule has 126 valence electrons. The van der Waals surface area contributed by atoms with Crippen LogP contribution in [-0.2, 0) is 15.3 Å². The molecule has 5 heteroatoms. The molecule has 0 saturated carbocycles. The van der Waals surface area contributed by atoms with E-state index in [0.29, 0.717) is 11.7 Å². The third kappa shape index (κ3) is 2.39. The molecular weight excluding hydrogens is 316 g/mol. The van der Waals surface area contributed by atoms with Crippen molar-refractivity contribution >= 4 is 22.6 Å². The number of fused-ring (bicyclic) bond motifs is 1. The molecule has 5 nitrogen and oxygen atoms in total. The molecule has 2 aromatic carbocycles. The number of rotatable bonds is 2. The average molecular weight is 334 g/mol. The monoisotopic (exact) mass is 334 g/mol. The Bertz CT molecular complexity index is 1000. The van der Waals surface area contributed by atoms with Gasteiger partial charge < -0.3 is 9.15 Å². The van der Waals surface area contributed by atoms with E-state index in [1.807, 2.05) is 50.2 Å². The maximum Gasteiger partial charge on any atom is 0.244 e. The van der Waals surface area contributed by atoms with Crippen molar-refractivity contribution in [3.8, 4) is 0 Å². The lowest BCUT2D eigenvalue weighted by atomic mass is 9.99. The van der Waals surface area contributed by atoms with Crippen molar-refractivity contribution in [3.63, 3.8) is 0 Å². The lowest BCUT2D eigenvalue weighted by Gasteiger charge is -2.31. The summed E-state index contributed by atoms with van der Waals surface area (Å²) in [6, 6.07) is 15.9. The smallest absolute Gasteiger partial charge is 0.244 e. The van der Waals surface area contributed by atoms with Gasteiger partial charge in [-0.3, -0.25) is 4.79 Å². The third-order valence-electron chi connectivity index (χ3n) is 4.56. The summed E-state index contributed by atoms with van der Waals surface area (Å²) in [6.45, 7) is 5.17. The Balaban J connectivity index is 1.81. The molecule has 1 aliphatic heterocycles. The van der Waals surface area contributed by atoms with E-state index in [4.69, 9.17) is 9.15 Å². The fourth-order valence-electron chi connectivity index (χ4n) is 3.18. The van der Waals surface area contributed by atoms with Crippen LogP contribution in [0.25, 0.3) is 10.8 Å². The summed E-state index contributed by atoms with van der Waals surface area (Å²) in [4.78, 5) is 12.2. The normalized spacial score (nSPS) is 19.8. The number of furan rings is 1. The van der Waals surface area contributed by atoms with E-state index < -0.39 is 5.72 Å². The number of aryl methyl sites for hydroxylation is 1. The molecule has 0 spiro atoms. The minimum Gasteiger partial charge on any atom is -0.469 e. The van der Waals surface area contributed by atoms with Crippen LogP contribution in [0.1, 0.15) is 30.7 Å². The number of benzene rings is 2. The Morgan fingerprint density at radius 3 is 2.56 bits per heavy atom. The summed E-state index contributed by atoms with van der Waals surface area (Å²) in [5, 5.41) is 8.02.